The molecule has 0 saturated carbocycles. The lowest BCUT2D eigenvalue weighted by Crippen LogP contribution is -2.36. The summed E-state index contributed by atoms with van der Waals surface area (Å²) in [6, 6.07) is 14.9. The standard InChI is InChI=1S/C22H25N3O4S2/c1-3-29-18-10-8-17(9-11-18)25(12-21(26)23-16-6-4-15(2)5-7-16)22-24-19-13-31(27,28)14-20(19)30-22/h4-11,19-20H,3,12-14H2,1-2H3,(H,23,26)/t19-,20-/m1/s1. The average Bonchev–Trinajstić information content (AvgIpc) is 3.22. The predicted octanol–water partition coefficient (Wildman–Crippen LogP) is 3.11. The zero-order valence-corrected chi connectivity index (χ0v) is 19.1. The van der Waals surface area contributed by atoms with E-state index >= 15 is 0 Å². The summed E-state index contributed by atoms with van der Waals surface area (Å²) in [5.41, 5.74) is 2.65. The van der Waals surface area contributed by atoms with Gasteiger partial charge in [0.1, 0.15) is 12.3 Å². The fourth-order valence-electron chi connectivity index (χ4n) is 3.61. The number of sulfone groups is 1. The number of ether oxygens (including phenoxy) is 1. The van der Waals surface area contributed by atoms with E-state index in [1.54, 1.807) is 0 Å². The predicted molar refractivity (Wildman–Crippen MR) is 126 cm³/mol. The van der Waals surface area contributed by atoms with Crippen molar-refractivity contribution in [1.29, 1.82) is 0 Å². The van der Waals surface area contributed by atoms with E-state index in [1.807, 2.05) is 67.3 Å². The topological polar surface area (TPSA) is 88.1 Å². The van der Waals surface area contributed by atoms with Crippen molar-refractivity contribution in [3.05, 3.63) is 54.1 Å². The van der Waals surface area contributed by atoms with Crippen LogP contribution in [0, 0.1) is 6.92 Å². The van der Waals surface area contributed by atoms with Gasteiger partial charge in [0.05, 0.1) is 24.2 Å². The van der Waals surface area contributed by atoms with E-state index < -0.39 is 9.84 Å². The molecule has 1 saturated heterocycles. The number of carbonyl (C=O) groups excluding carboxylic acids is 1. The highest BCUT2D eigenvalue weighted by Gasteiger charge is 2.44. The van der Waals surface area contributed by atoms with Gasteiger partial charge in [-0.3, -0.25) is 9.79 Å². The maximum absolute atomic E-state index is 12.8. The molecule has 0 radical (unpaired) electrons. The number of anilines is 2. The van der Waals surface area contributed by atoms with Crippen molar-refractivity contribution in [3.8, 4) is 5.75 Å². The zero-order valence-electron chi connectivity index (χ0n) is 17.4. The Bertz CT molecular complexity index is 1080. The number of thioether (sulfide) groups is 1. The van der Waals surface area contributed by atoms with Crippen LogP contribution in [0.25, 0.3) is 0 Å². The van der Waals surface area contributed by atoms with Gasteiger partial charge < -0.3 is 15.0 Å². The number of nitrogens with zero attached hydrogens (tertiary/aromatic N) is 2. The number of nitrogens with one attached hydrogen (secondary N) is 1. The van der Waals surface area contributed by atoms with E-state index in [2.05, 4.69) is 10.3 Å². The zero-order chi connectivity index (χ0) is 22.0. The number of rotatable bonds is 6. The molecule has 0 aromatic heterocycles. The normalized spacial score (nSPS) is 21.3. The molecule has 0 bridgehead atoms. The Balaban J connectivity index is 1.55. The first-order valence-corrected chi connectivity index (χ1v) is 12.8. The highest BCUT2D eigenvalue weighted by molar-refractivity contribution is 8.15. The van der Waals surface area contributed by atoms with Gasteiger partial charge in [-0.1, -0.05) is 29.5 Å². The minimum atomic E-state index is -3.04. The third-order valence-corrected chi connectivity index (χ3v) is 8.38. The van der Waals surface area contributed by atoms with Gasteiger partial charge in [0.15, 0.2) is 15.0 Å². The monoisotopic (exact) mass is 459 g/mol. The van der Waals surface area contributed by atoms with Crippen LogP contribution in [-0.2, 0) is 14.6 Å². The molecule has 2 aromatic carbocycles. The molecule has 7 nitrogen and oxygen atoms in total. The second-order valence-electron chi connectivity index (χ2n) is 7.64. The number of aryl methyl sites for hydroxylation is 1. The summed E-state index contributed by atoms with van der Waals surface area (Å²) in [7, 11) is -3.04. The van der Waals surface area contributed by atoms with E-state index in [1.165, 1.54) is 11.8 Å². The lowest BCUT2D eigenvalue weighted by molar-refractivity contribution is -0.114. The van der Waals surface area contributed by atoms with Crippen molar-refractivity contribution >= 4 is 44.0 Å². The Kier molecular flexibility index (Phi) is 6.24. The largest absolute Gasteiger partial charge is 0.494 e. The van der Waals surface area contributed by atoms with Crippen LogP contribution in [0.2, 0.25) is 0 Å². The van der Waals surface area contributed by atoms with Gasteiger partial charge in [0.2, 0.25) is 5.91 Å². The molecular formula is C22H25N3O4S2. The second kappa shape index (κ2) is 8.92. The quantitative estimate of drug-likeness (QED) is 0.714. The van der Waals surface area contributed by atoms with E-state index in [4.69, 9.17) is 4.74 Å². The summed E-state index contributed by atoms with van der Waals surface area (Å²) >= 11 is 1.44. The van der Waals surface area contributed by atoms with E-state index in [0.29, 0.717) is 11.8 Å². The molecule has 2 aromatic rings. The van der Waals surface area contributed by atoms with Gasteiger partial charge in [-0.25, -0.2) is 8.42 Å². The van der Waals surface area contributed by atoms with E-state index in [0.717, 1.165) is 22.7 Å². The molecular weight excluding hydrogens is 434 g/mol. The van der Waals surface area contributed by atoms with Crippen molar-refractivity contribution in [3.63, 3.8) is 0 Å². The number of benzene rings is 2. The number of amidine groups is 1. The molecule has 4 rings (SSSR count). The maximum atomic E-state index is 12.8. The molecule has 0 aliphatic carbocycles. The average molecular weight is 460 g/mol. The summed E-state index contributed by atoms with van der Waals surface area (Å²) < 4.78 is 29.4. The summed E-state index contributed by atoms with van der Waals surface area (Å²) in [5.74, 6) is 0.771. The summed E-state index contributed by atoms with van der Waals surface area (Å²) in [6.45, 7) is 4.56. The minimum absolute atomic E-state index is 0.0693. The van der Waals surface area contributed by atoms with Crippen LogP contribution in [0.5, 0.6) is 5.75 Å². The molecule has 2 heterocycles. The fraction of sp³-hybridized carbons (Fsp3) is 0.364. The van der Waals surface area contributed by atoms with Crippen LogP contribution in [0.3, 0.4) is 0 Å². The van der Waals surface area contributed by atoms with Crippen LogP contribution in [0.1, 0.15) is 12.5 Å². The van der Waals surface area contributed by atoms with Gasteiger partial charge in [-0.2, -0.15) is 0 Å². The third-order valence-electron chi connectivity index (χ3n) is 5.13. The number of hydrogen-bond donors (Lipinski definition) is 1. The summed E-state index contributed by atoms with van der Waals surface area (Å²) in [6.07, 6.45) is 0. The number of aliphatic imine (C=N–C) groups is 1. The first kappa shape index (κ1) is 21.7. The lowest BCUT2D eigenvalue weighted by Gasteiger charge is -2.24. The van der Waals surface area contributed by atoms with Gasteiger partial charge >= 0.3 is 0 Å². The van der Waals surface area contributed by atoms with Gasteiger partial charge in [0.25, 0.3) is 0 Å². The Hall–Kier alpha value is -2.52. The van der Waals surface area contributed by atoms with Gasteiger partial charge in [-0.15, -0.1) is 0 Å². The molecule has 2 atom stereocenters. The van der Waals surface area contributed by atoms with Crippen LogP contribution in [-0.4, -0.2) is 55.4 Å². The van der Waals surface area contributed by atoms with Crippen LogP contribution < -0.4 is 15.0 Å². The van der Waals surface area contributed by atoms with Crippen LogP contribution in [0.4, 0.5) is 11.4 Å². The first-order valence-electron chi connectivity index (χ1n) is 10.1. The van der Waals surface area contributed by atoms with Gasteiger partial charge in [0, 0.05) is 16.6 Å². The minimum Gasteiger partial charge on any atom is -0.494 e. The lowest BCUT2D eigenvalue weighted by atomic mass is 10.2. The highest BCUT2D eigenvalue weighted by Crippen LogP contribution is 2.37. The highest BCUT2D eigenvalue weighted by atomic mass is 32.2. The molecule has 2 aliphatic rings. The van der Waals surface area contributed by atoms with Gasteiger partial charge in [-0.05, 0) is 50.2 Å². The Morgan fingerprint density at radius 2 is 1.87 bits per heavy atom. The van der Waals surface area contributed by atoms with Crippen molar-refractivity contribution in [2.75, 3.05) is 34.9 Å². The maximum Gasteiger partial charge on any atom is 0.244 e. The summed E-state index contributed by atoms with van der Waals surface area (Å²) in [4.78, 5) is 19.3. The Morgan fingerprint density at radius 3 is 2.52 bits per heavy atom. The number of fused-ring (bicyclic) bond motifs is 1. The Morgan fingerprint density at radius 1 is 1.16 bits per heavy atom. The SMILES string of the molecule is CCOc1ccc(N(CC(=O)Nc2ccc(C)cc2)C2=N[C@@H]3CS(=O)(=O)C[C@H]3S2)cc1. The first-order chi connectivity index (χ1) is 14.8. The van der Waals surface area contributed by atoms with Crippen molar-refractivity contribution in [2.45, 2.75) is 25.1 Å². The molecule has 0 unspecified atom stereocenters. The second-order valence-corrected chi connectivity index (χ2v) is 11.0. The van der Waals surface area contributed by atoms with E-state index in [-0.39, 0.29) is 35.2 Å². The number of amides is 1. The smallest absolute Gasteiger partial charge is 0.244 e. The number of carbonyl (C=O) groups is 1. The summed E-state index contributed by atoms with van der Waals surface area (Å²) in [5, 5.41) is 3.50. The number of hydrogen-bond acceptors (Lipinski definition) is 7. The molecule has 1 amide bonds. The molecule has 9 heteroatoms. The van der Waals surface area contributed by atoms with Crippen molar-refractivity contribution in [1.82, 2.24) is 0 Å². The molecule has 1 N–H and O–H groups in total. The molecule has 31 heavy (non-hydrogen) atoms. The van der Waals surface area contributed by atoms with Crippen molar-refractivity contribution in [2.24, 2.45) is 4.99 Å². The molecule has 164 valence electrons. The Labute approximate surface area is 186 Å². The van der Waals surface area contributed by atoms with E-state index in [9.17, 15) is 13.2 Å². The fourth-order valence-corrected chi connectivity index (χ4v) is 7.39. The van der Waals surface area contributed by atoms with Crippen LogP contribution in [0.15, 0.2) is 53.5 Å². The van der Waals surface area contributed by atoms with Crippen molar-refractivity contribution < 1.29 is 17.9 Å². The van der Waals surface area contributed by atoms with Crippen LogP contribution >= 0.6 is 11.8 Å². The molecule has 2 aliphatic heterocycles. The molecule has 0 spiro atoms. The third kappa shape index (κ3) is 5.22. The molecule has 1 fully saturated rings.